The summed E-state index contributed by atoms with van der Waals surface area (Å²) in [4.78, 5) is 2.00. The Morgan fingerprint density at radius 2 is 1.95 bits per heavy atom. The fourth-order valence-corrected chi connectivity index (χ4v) is 2.76. The third-order valence-corrected chi connectivity index (χ3v) is 4.04. The number of halogens is 3. The van der Waals surface area contributed by atoms with Crippen LogP contribution in [-0.2, 0) is 6.18 Å². The van der Waals surface area contributed by atoms with Gasteiger partial charge in [0.15, 0.2) is 11.5 Å². The van der Waals surface area contributed by atoms with Crippen molar-refractivity contribution in [2.75, 3.05) is 24.5 Å². The van der Waals surface area contributed by atoms with Crippen LogP contribution in [0.4, 0.5) is 19.0 Å². The fraction of sp³-hybridized carbons (Fsp3) is 0.714. The third-order valence-electron chi connectivity index (χ3n) is 4.04. The lowest BCUT2D eigenvalue weighted by Gasteiger charge is -2.35. The molecule has 1 aliphatic heterocycles. The number of nitrogens with one attached hydrogen (secondary N) is 1. The van der Waals surface area contributed by atoms with Crippen molar-refractivity contribution in [3.63, 3.8) is 0 Å². The van der Waals surface area contributed by atoms with Crippen LogP contribution in [0, 0.1) is 5.92 Å². The summed E-state index contributed by atoms with van der Waals surface area (Å²) in [7, 11) is 0. The second-order valence-corrected chi connectivity index (χ2v) is 5.45. The molecule has 0 bridgehead atoms. The van der Waals surface area contributed by atoms with Gasteiger partial charge in [-0.25, -0.2) is 0 Å². The highest BCUT2D eigenvalue weighted by Crippen LogP contribution is 2.28. The Balaban J connectivity index is 1.93. The van der Waals surface area contributed by atoms with Crippen molar-refractivity contribution in [1.29, 1.82) is 0 Å². The largest absolute Gasteiger partial charge is 0.435 e. The molecule has 21 heavy (non-hydrogen) atoms. The van der Waals surface area contributed by atoms with Crippen molar-refractivity contribution in [1.82, 2.24) is 15.5 Å². The zero-order valence-electron chi connectivity index (χ0n) is 12.3. The maximum Gasteiger partial charge on any atom is 0.435 e. The SMILES string of the molecule is CCNC(C)C1CCN(c2ccc(C(F)(F)F)nn2)CC1. The van der Waals surface area contributed by atoms with Gasteiger partial charge in [0.05, 0.1) is 0 Å². The zero-order valence-corrected chi connectivity index (χ0v) is 12.3. The predicted octanol–water partition coefficient (Wildman–Crippen LogP) is 2.71. The van der Waals surface area contributed by atoms with Gasteiger partial charge in [-0.2, -0.15) is 13.2 Å². The minimum Gasteiger partial charge on any atom is -0.355 e. The molecular weight excluding hydrogens is 281 g/mol. The van der Waals surface area contributed by atoms with Gasteiger partial charge in [-0.3, -0.25) is 0 Å². The second-order valence-electron chi connectivity index (χ2n) is 5.45. The zero-order chi connectivity index (χ0) is 15.5. The summed E-state index contributed by atoms with van der Waals surface area (Å²) in [6.07, 6.45) is -2.41. The average Bonchev–Trinajstić information content (AvgIpc) is 2.47. The van der Waals surface area contributed by atoms with Crippen LogP contribution in [0.2, 0.25) is 0 Å². The average molecular weight is 302 g/mol. The Morgan fingerprint density at radius 3 is 2.43 bits per heavy atom. The Labute approximate surface area is 122 Å². The molecule has 118 valence electrons. The number of rotatable bonds is 4. The first-order valence-corrected chi connectivity index (χ1v) is 7.31. The van der Waals surface area contributed by atoms with Crippen LogP contribution in [0.1, 0.15) is 32.4 Å². The summed E-state index contributed by atoms with van der Waals surface area (Å²) in [6, 6.07) is 2.87. The first-order chi connectivity index (χ1) is 9.91. The second kappa shape index (κ2) is 6.60. The number of hydrogen-bond acceptors (Lipinski definition) is 4. The van der Waals surface area contributed by atoms with Crippen LogP contribution in [0.5, 0.6) is 0 Å². The molecule has 0 aromatic carbocycles. The van der Waals surface area contributed by atoms with E-state index in [0.717, 1.165) is 38.5 Å². The molecule has 1 aromatic heterocycles. The van der Waals surface area contributed by atoms with Crippen molar-refractivity contribution in [2.45, 2.75) is 38.9 Å². The van der Waals surface area contributed by atoms with E-state index in [1.165, 1.54) is 6.07 Å². The summed E-state index contributed by atoms with van der Waals surface area (Å²) in [5, 5.41) is 10.4. The minimum atomic E-state index is -4.43. The molecule has 2 heterocycles. The summed E-state index contributed by atoms with van der Waals surface area (Å²) >= 11 is 0. The number of alkyl halides is 3. The normalized spacial score (nSPS) is 18.8. The van der Waals surface area contributed by atoms with Crippen molar-refractivity contribution >= 4 is 5.82 Å². The minimum absolute atomic E-state index is 0.468. The molecule has 1 saturated heterocycles. The van der Waals surface area contributed by atoms with E-state index in [1.807, 2.05) is 4.90 Å². The number of piperidine rings is 1. The summed E-state index contributed by atoms with van der Waals surface area (Å²) in [6.45, 7) is 6.83. The molecule has 7 heteroatoms. The molecule has 0 radical (unpaired) electrons. The van der Waals surface area contributed by atoms with Gasteiger partial charge < -0.3 is 10.2 Å². The monoisotopic (exact) mass is 302 g/mol. The highest BCUT2D eigenvalue weighted by molar-refractivity contribution is 5.38. The van der Waals surface area contributed by atoms with E-state index in [9.17, 15) is 13.2 Å². The third kappa shape index (κ3) is 4.06. The van der Waals surface area contributed by atoms with Crippen LogP contribution in [0.3, 0.4) is 0 Å². The lowest BCUT2D eigenvalue weighted by Crippen LogP contribution is -2.42. The molecule has 1 aliphatic rings. The van der Waals surface area contributed by atoms with Gasteiger partial charge in [-0.1, -0.05) is 6.92 Å². The Hall–Kier alpha value is -1.37. The first-order valence-electron chi connectivity index (χ1n) is 7.31. The topological polar surface area (TPSA) is 41.0 Å². The number of anilines is 1. The maximum atomic E-state index is 12.5. The molecule has 1 N–H and O–H groups in total. The van der Waals surface area contributed by atoms with Crippen molar-refractivity contribution < 1.29 is 13.2 Å². The van der Waals surface area contributed by atoms with E-state index in [-0.39, 0.29) is 0 Å². The van der Waals surface area contributed by atoms with Crippen LogP contribution in [0.15, 0.2) is 12.1 Å². The van der Waals surface area contributed by atoms with Crippen molar-refractivity contribution in [2.24, 2.45) is 5.92 Å². The Kier molecular flexibility index (Phi) is 5.03. The number of nitrogens with zero attached hydrogens (tertiary/aromatic N) is 3. The molecule has 0 amide bonds. The lowest BCUT2D eigenvalue weighted by atomic mass is 9.90. The summed E-state index contributed by atoms with van der Waals surface area (Å²) in [5.41, 5.74) is -0.943. The Morgan fingerprint density at radius 1 is 1.29 bits per heavy atom. The summed E-state index contributed by atoms with van der Waals surface area (Å²) in [5.74, 6) is 1.13. The van der Waals surface area contributed by atoms with Gasteiger partial charge >= 0.3 is 6.18 Å². The van der Waals surface area contributed by atoms with Crippen molar-refractivity contribution in [3.05, 3.63) is 17.8 Å². The van der Waals surface area contributed by atoms with E-state index in [4.69, 9.17) is 0 Å². The predicted molar refractivity (Wildman–Crippen MR) is 75.1 cm³/mol. The number of aromatic nitrogens is 2. The first kappa shape index (κ1) is 16.0. The molecule has 1 unspecified atom stereocenters. The fourth-order valence-electron chi connectivity index (χ4n) is 2.76. The van der Waals surface area contributed by atoms with Crippen molar-refractivity contribution in [3.8, 4) is 0 Å². The summed E-state index contributed by atoms with van der Waals surface area (Å²) < 4.78 is 37.4. The quantitative estimate of drug-likeness (QED) is 0.928. The number of hydrogen-bond donors (Lipinski definition) is 1. The van der Waals surface area contributed by atoms with Crippen LogP contribution in [0.25, 0.3) is 0 Å². The Bertz CT molecular complexity index is 439. The highest BCUT2D eigenvalue weighted by Gasteiger charge is 2.33. The standard InChI is InChI=1S/C14H21F3N4/c1-3-18-10(2)11-6-8-21(9-7-11)13-5-4-12(19-20-13)14(15,16)17/h4-5,10-11,18H,3,6-9H2,1-2H3. The maximum absolute atomic E-state index is 12.5. The van der Waals surface area contributed by atoms with E-state index < -0.39 is 11.9 Å². The molecule has 1 aromatic rings. The van der Waals surface area contributed by atoms with E-state index in [1.54, 1.807) is 0 Å². The molecular formula is C14H21F3N4. The molecule has 2 rings (SSSR count). The van der Waals surface area contributed by atoms with Gasteiger partial charge in [0.25, 0.3) is 0 Å². The molecule has 0 aliphatic carbocycles. The van der Waals surface area contributed by atoms with Gasteiger partial charge in [-0.15, -0.1) is 10.2 Å². The van der Waals surface area contributed by atoms with Crippen LogP contribution in [-0.4, -0.2) is 35.9 Å². The molecule has 4 nitrogen and oxygen atoms in total. The van der Waals surface area contributed by atoms with Gasteiger partial charge in [-0.05, 0) is 44.4 Å². The smallest absolute Gasteiger partial charge is 0.355 e. The molecule has 1 atom stereocenters. The van der Waals surface area contributed by atoms with Crippen LogP contribution < -0.4 is 10.2 Å². The lowest BCUT2D eigenvalue weighted by molar-refractivity contribution is -0.141. The van der Waals surface area contributed by atoms with Crippen LogP contribution >= 0.6 is 0 Å². The molecule has 0 saturated carbocycles. The molecule has 1 fully saturated rings. The van der Waals surface area contributed by atoms with E-state index >= 15 is 0 Å². The highest BCUT2D eigenvalue weighted by atomic mass is 19.4. The van der Waals surface area contributed by atoms with Gasteiger partial charge in [0.1, 0.15) is 0 Å². The van der Waals surface area contributed by atoms with Gasteiger partial charge in [0, 0.05) is 19.1 Å². The molecule has 0 spiro atoms. The van der Waals surface area contributed by atoms with Gasteiger partial charge in [0.2, 0.25) is 0 Å². The van der Waals surface area contributed by atoms with E-state index in [0.29, 0.717) is 17.8 Å². The van der Waals surface area contributed by atoms with E-state index in [2.05, 4.69) is 29.4 Å².